The first-order chi connectivity index (χ1) is 13.2. The summed E-state index contributed by atoms with van der Waals surface area (Å²) in [6.45, 7) is 7.20. The molecule has 0 radical (unpaired) electrons. The van der Waals surface area contributed by atoms with Crippen LogP contribution in [0.3, 0.4) is 0 Å². The Kier molecular flexibility index (Phi) is 4.20. The molecule has 1 aromatic carbocycles. The van der Waals surface area contributed by atoms with Crippen molar-refractivity contribution < 1.29 is 18.0 Å². The quantitative estimate of drug-likeness (QED) is 0.671. The van der Waals surface area contributed by atoms with Crippen molar-refractivity contribution in [2.75, 3.05) is 6.54 Å². The molecule has 3 aromatic rings. The summed E-state index contributed by atoms with van der Waals surface area (Å²) >= 11 is 0. The fraction of sp³-hybridized carbons (Fsp3) is 0.421. The molecular formula is C19H20F3N5O. The molecule has 0 atom stereocenters. The van der Waals surface area contributed by atoms with Crippen molar-refractivity contribution in [2.24, 2.45) is 0 Å². The highest BCUT2D eigenvalue weighted by atomic mass is 19.4. The maximum absolute atomic E-state index is 13.0. The number of hydrogen-bond acceptors (Lipinski definition) is 3. The lowest BCUT2D eigenvalue weighted by Gasteiger charge is -2.28. The Morgan fingerprint density at radius 2 is 1.93 bits per heavy atom. The maximum Gasteiger partial charge on any atom is 0.451 e. The Balaban J connectivity index is 1.64. The number of amides is 1. The van der Waals surface area contributed by atoms with E-state index in [0.29, 0.717) is 5.56 Å². The van der Waals surface area contributed by atoms with Crippen LogP contribution >= 0.6 is 0 Å². The number of hydrogen-bond donors (Lipinski definition) is 0. The van der Waals surface area contributed by atoms with E-state index in [1.807, 2.05) is 19.1 Å². The van der Waals surface area contributed by atoms with Crippen molar-refractivity contribution in [3.63, 3.8) is 0 Å². The highest BCUT2D eigenvalue weighted by Gasteiger charge is 2.40. The topological polar surface area (TPSA) is 56.0 Å². The minimum Gasteiger partial charge on any atom is -0.345 e. The molecule has 1 aliphatic rings. The molecule has 9 heteroatoms. The van der Waals surface area contributed by atoms with Gasteiger partial charge < -0.3 is 14.0 Å². The molecule has 148 valence electrons. The zero-order valence-corrected chi connectivity index (χ0v) is 15.8. The number of carbonyl (C=O) groups excluding carboxylic acids is 1. The molecule has 1 aliphatic heterocycles. The van der Waals surface area contributed by atoms with Gasteiger partial charge in [0.05, 0.1) is 6.54 Å². The molecule has 0 spiro atoms. The van der Waals surface area contributed by atoms with Crippen molar-refractivity contribution in [2.45, 2.75) is 46.6 Å². The Morgan fingerprint density at radius 3 is 2.61 bits per heavy atom. The third-order valence-corrected chi connectivity index (χ3v) is 5.50. The number of alkyl halides is 3. The molecule has 1 amide bonds. The van der Waals surface area contributed by atoms with Gasteiger partial charge in [-0.05, 0) is 44.5 Å². The summed E-state index contributed by atoms with van der Waals surface area (Å²) in [5, 5.41) is 7.91. The van der Waals surface area contributed by atoms with E-state index >= 15 is 0 Å². The Bertz CT molecular complexity index is 1080. The molecule has 6 nitrogen and oxygen atoms in total. The number of benzene rings is 1. The fourth-order valence-corrected chi connectivity index (χ4v) is 3.91. The number of halogens is 3. The van der Waals surface area contributed by atoms with Crippen molar-refractivity contribution in [1.29, 1.82) is 0 Å². The molecule has 28 heavy (non-hydrogen) atoms. The Hall–Kier alpha value is -2.84. The van der Waals surface area contributed by atoms with E-state index in [2.05, 4.69) is 28.6 Å². The van der Waals surface area contributed by atoms with Gasteiger partial charge in [-0.3, -0.25) is 4.79 Å². The van der Waals surface area contributed by atoms with Crippen LogP contribution in [0.1, 0.15) is 40.2 Å². The van der Waals surface area contributed by atoms with Crippen molar-refractivity contribution in [3.8, 4) is 0 Å². The number of nitrogens with zero attached hydrogens (tertiary/aromatic N) is 5. The van der Waals surface area contributed by atoms with Gasteiger partial charge in [-0.25, -0.2) is 0 Å². The zero-order valence-electron chi connectivity index (χ0n) is 15.8. The second kappa shape index (κ2) is 6.35. The third kappa shape index (κ3) is 2.76. The molecule has 0 aliphatic carbocycles. The number of aryl methyl sites for hydroxylation is 2. The van der Waals surface area contributed by atoms with Crippen LogP contribution in [0.15, 0.2) is 18.2 Å². The van der Waals surface area contributed by atoms with E-state index in [4.69, 9.17) is 0 Å². The lowest BCUT2D eigenvalue weighted by molar-refractivity contribution is -0.147. The summed E-state index contributed by atoms with van der Waals surface area (Å²) in [6, 6.07) is 5.57. The van der Waals surface area contributed by atoms with Crippen LogP contribution in [0.5, 0.6) is 0 Å². The van der Waals surface area contributed by atoms with E-state index in [0.717, 1.165) is 33.3 Å². The molecule has 0 saturated carbocycles. The van der Waals surface area contributed by atoms with Gasteiger partial charge in [-0.2, -0.15) is 13.2 Å². The van der Waals surface area contributed by atoms with Gasteiger partial charge in [-0.1, -0.05) is 0 Å². The van der Waals surface area contributed by atoms with Gasteiger partial charge >= 0.3 is 6.18 Å². The minimum atomic E-state index is -4.55. The largest absolute Gasteiger partial charge is 0.451 e. The van der Waals surface area contributed by atoms with Gasteiger partial charge in [0, 0.05) is 41.8 Å². The van der Waals surface area contributed by atoms with Crippen LogP contribution in [0.2, 0.25) is 0 Å². The molecule has 0 fully saturated rings. The second-order valence-corrected chi connectivity index (χ2v) is 7.00. The van der Waals surface area contributed by atoms with Gasteiger partial charge in [-0.15, -0.1) is 10.2 Å². The highest BCUT2D eigenvalue weighted by Crippen LogP contribution is 2.30. The smallest absolute Gasteiger partial charge is 0.345 e. The number of aromatic nitrogens is 4. The zero-order chi connectivity index (χ0) is 20.2. The van der Waals surface area contributed by atoms with Crippen LogP contribution in [0.4, 0.5) is 13.2 Å². The summed E-state index contributed by atoms with van der Waals surface area (Å²) in [5.74, 6) is -1.08. The van der Waals surface area contributed by atoms with Gasteiger partial charge in [0.1, 0.15) is 0 Å². The molecule has 0 N–H and O–H groups in total. The average molecular weight is 391 g/mol. The van der Waals surface area contributed by atoms with E-state index in [-0.39, 0.29) is 31.4 Å². The predicted molar refractivity (Wildman–Crippen MR) is 96.9 cm³/mol. The molecule has 2 aromatic heterocycles. The summed E-state index contributed by atoms with van der Waals surface area (Å²) in [5.41, 5.74) is 3.88. The number of rotatable bonds is 2. The first kappa shape index (κ1) is 18.5. The minimum absolute atomic E-state index is 0.00787. The van der Waals surface area contributed by atoms with Crippen molar-refractivity contribution in [3.05, 3.63) is 46.7 Å². The van der Waals surface area contributed by atoms with Gasteiger partial charge in [0.25, 0.3) is 5.91 Å². The van der Waals surface area contributed by atoms with E-state index in [1.54, 1.807) is 6.07 Å². The van der Waals surface area contributed by atoms with E-state index in [9.17, 15) is 18.0 Å². The monoisotopic (exact) mass is 391 g/mol. The summed E-state index contributed by atoms with van der Waals surface area (Å²) in [7, 11) is 0. The summed E-state index contributed by atoms with van der Waals surface area (Å²) < 4.78 is 42.2. The third-order valence-electron chi connectivity index (χ3n) is 5.50. The van der Waals surface area contributed by atoms with Crippen molar-refractivity contribution in [1.82, 2.24) is 24.2 Å². The lowest BCUT2D eigenvalue weighted by atomic mass is 10.1. The van der Waals surface area contributed by atoms with Crippen molar-refractivity contribution >= 4 is 16.8 Å². The van der Waals surface area contributed by atoms with E-state index in [1.165, 1.54) is 4.90 Å². The first-order valence-corrected chi connectivity index (χ1v) is 9.10. The molecular weight excluding hydrogens is 371 g/mol. The molecule has 0 saturated heterocycles. The van der Waals surface area contributed by atoms with Gasteiger partial charge in [0.15, 0.2) is 5.82 Å². The van der Waals surface area contributed by atoms with Crippen LogP contribution in [0, 0.1) is 13.8 Å². The summed E-state index contributed by atoms with van der Waals surface area (Å²) in [4.78, 5) is 14.5. The predicted octanol–water partition coefficient (Wildman–Crippen LogP) is 3.54. The lowest BCUT2D eigenvalue weighted by Crippen LogP contribution is -2.39. The SMILES string of the molecule is CCn1c(C)c(C)c2cc(C(=O)N3CCn4c(nnc4C(F)(F)F)C3)ccc21. The normalized spacial score (nSPS) is 14.6. The Labute approximate surface area is 159 Å². The van der Waals surface area contributed by atoms with Crippen LogP contribution in [-0.4, -0.2) is 36.7 Å². The first-order valence-electron chi connectivity index (χ1n) is 9.10. The molecule has 0 unspecified atom stereocenters. The highest BCUT2D eigenvalue weighted by molar-refractivity contribution is 5.99. The maximum atomic E-state index is 13.0. The molecule has 3 heterocycles. The van der Waals surface area contributed by atoms with Crippen LogP contribution < -0.4 is 0 Å². The van der Waals surface area contributed by atoms with Crippen LogP contribution in [-0.2, 0) is 25.8 Å². The van der Waals surface area contributed by atoms with Gasteiger partial charge in [0.2, 0.25) is 5.82 Å². The Morgan fingerprint density at radius 1 is 1.18 bits per heavy atom. The molecule has 4 rings (SSSR count). The number of carbonyl (C=O) groups is 1. The number of fused-ring (bicyclic) bond motifs is 2. The second-order valence-electron chi connectivity index (χ2n) is 7.00. The van der Waals surface area contributed by atoms with Crippen LogP contribution in [0.25, 0.3) is 10.9 Å². The summed E-state index contributed by atoms with van der Waals surface area (Å²) in [6.07, 6.45) is -4.55. The average Bonchev–Trinajstić information content (AvgIpc) is 3.20. The standard InChI is InChI=1S/C19H20F3N5O/c1-4-26-12(3)11(2)14-9-13(5-6-15(14)26)17(28)25-7-8-27-16(10-25)23-24-18(27)19(20,21)22/h5-6,9H,4,7-8,10H2,1-3H3. The van der Waals surface area contributed by atoms with E-state index < -0.39 is 12.0 Å². The molecule has 0 bridgehead atoms. The fourth-order valence-electron chi connectivity index (χ4n) is 3.91.